The lowest BCUT2D eigenvalue weighted by Gasteiger charge is -2.16. The van der Waals surface area contributed by atoms with Crippen LogP contribution in [0.1, 0.15) is 23.7 Å². The third-order valence-electron chi connectivity index (χ3n) is 3.23. The van der Waals surface area contributed by atoms with Crippen molar-refractivity contribution in [1.29, 1.82) is 0 Å². The number of halogens is 1. The molecule has 0 aliphatic carbocycles. The molecule has 0 spiro atoms. The molecule has 0 aliphatic rings. The molecule has 0 radical (unpaired) electrons. The second kappa shape index (κ2) is 7.78. The average Bonchev–Trinajstić information content (AvgIpc) is 2.50. The van der Waals surface area contributed by atoms with Crippen LogP contribution in [-0.4, -0.2) is 13.2 Å². The van der Waals surface area contributed by atoms with Crippen LogP contribution in [0, 0.1) is 5.82 Å². The lowest BCUT2D eigenvalue weighted by molar-refractivity contribution is 0.0570. The number of aryl methyl sites for hydroxylation is 1. The minimum absolute atomic E-state index is 0.161. The topological polar surface area (TPSA) is 35.2 Å². The molecule has 0 heterocycles. The van der Waals surface area contributed by atoms with Gasteiger partial charge in [0.25, 0.3) is 0 Å². The Hall–Kier alpha value is -1.71. The van der Waals surface area contributed by atoms with Crippen LogP contribution < -0.4 is 5.73 Å². The first-order valence-electron chi connectivity index (χ1n) is 6.90. The highest BCUT2D eigenvalue weighted by Crippen LogP contribution is 2.17. The monoisotopic (exact) mass is 273 g/mol. The Balaban J connectivity index is 1.78. The number of ether oxygens (including phenoxy) is 1. The zero-order chi connectivity index (χ0) is 14.2. The van der Waals surface area contributed by atoms with Gasteiger partial charge in [0.15, 0.2) is 0 Å². The van der Waals surface area contributed by atoms with Gasteiger partial charge in [-0.3, -0.25) is 0 Å². The summed E-state index contributed by atoms with van der Waals surface area (Å²) in [6, 6.07) is 16.6. The summed E-state index contributed by atoms with van der Waals surface area (Å²) in [6.45, 7) is 1.05. The van der Waals surface area contributed by atoms with Crippen molar-refractivity contribution in [2.24, 2.45) is 5.73 Å². The highest BCUT2D eigenvalue weighted by atomic mass is 19.1. The maximum Gasteiger partial charge on any atom is 0.123 e. The molecule has 2 rings (SSSR count). The highest BCUT2D eigenvalue weighted by Gasteiger charge is 2.09. The van der Waals surface area contributed by atoms with E-state index < -0.39 is 0 Å². The van der Waals surface area contributed by atoms with E-state index in [0.717, 1.165) is 18.4 Å². The molecule has 0 aliphatic heterocycles. The summed E-state index contributed by atoms with van der Waals surface area (Å²) in [5, 5.41) is 0. The van der Waals surface area contributed by atoms with Crippen LogP contribution in [-0.2, 0) is 11.2 Å². The summed E-state index contributed by atoms with van der Waals surface area (Å²) < 4.78 is 18.7. The smallest absolute Gasteiger partial charge is 0.123 e. The largest absolute Gasteiger partial charge is 0.372 e. The lowest BCUT2D eigenvalue weighted by atomic mass is 10.1. The summed E-state index contributed by atoms with van der Waals surface area (Å²) in [4.78, 5) is 0. The molecular weight excluding hydrogens is 253 g/mol. The summed E-state index contributed by atoms with van der Waals surface area (Å²) in [5.74, 6) is -0.242. The molecule has 1 atom stereocenters. The van der Waals surface area contributed by atoms with Crippen LogP contribution in [0.2, 0.25) is 0 Å². The number of benzene rings is 2. The summed E-state index contributed by atoms with van der Waals surface area (Å²) in [7, 11) is 0. The highest BCUT2D eigenvalue weighted by molar-refractivity contribution is 5.19. The van der Waals surface area contributed by atoms with Gasteiger partial charge < -0.3 is 10.5 Å². The molecule has 0 saturated heterocycles. The summed E-state index contributed by atoms with van der Waals surface area (Å²) >= 11 is 0. The second-order valence-electron chi connectivity index (χ2n) is 4.74. The van der Waals surface area contributed by atoms with Crippen molar-refractivity contribution in [3.63, 3.8) is 0 Å². The second-order valence-corrected chi connectivity index (χ2v) is 4.74. The van der Waals surface area contributed by atoms with Gasteiger partial charge in [0.05, 0.1) is 6.10 Å². The molecule has 0 amide bonds. The standard InChI is InChI=1S/C17H20FNO/c18-16-10-8-15(9-11-16)17(13-19)20-12-4-7-14-5-2-1-3-6-14/h1-3,5-6,8-11,17H,4,7,12-13,19H2. The van der Waals surface area contributed by atoms with Gasteiger partial charge in [-0.2, -0.15) is 0 Å². The van der Waals surface area contributed by atoms with Gasteiger partial charge in [0.1, 0.15) is 5.82 Å². The summed E-state index contributed by atoms with van der Waals surface area (Å²) in [5.41, 5.74) is 7.95. The van der Waals surface area contributed by atoms with Gasteiger partial charge in [-0.1, -0.05) is 42.5 Å². The number of hydrogen-bond acceptors (Lipinski definition) is 2. The Bertz CT molecular complexity index is 498. The third kappa shape index (κ3) is 4.44. The van der Waals surface area contributed by atoms with Gasteiger partial charge in [-0.25, -0.2) is 4.39 Å². The van der Waals surface area contributed by atoms with E-state index in [-0.39, 0.29) is 11.9 Å². The SMILES string of the molecule is NCC(OCCCc1ccccc1)c1ccc(F)cc1. The van der Waals surface area contributed by atoms with Gasteiger partial charge in [0, 0.05) is 13.2 Å². The Morgan fingerprint density at radius 1 is 1.00 bits per heavy atom. The maximum absolute atomic E-state index is 12.9. The van der Waals surface area contributed by atoms with Gasteiger partial charge in [-0.15, -0.1) is 0 Å². The van der Waals surface area contributed by atoms with Crippen LogP contribution in [0.15, 0.2) is 54.6 Å². The normalized spacial score (nSPS) is 12.3. The number of hydrogen-bond donors (Lipinski definition) is 1. The Labute approximate surface area is 119 Å². The lowest BCUT2D eigenvalue weighted by Crippen LogP contribution is -2.16. The van der Waals surface area contributed by atoms with Crippen molar-refractivity contribution in [2.75, 3.05) is 13.2 Å². The first kappa shape index (κ1) is 14.7. The fourth-order valence-electron chi connectivity index (χ4n) is 2.12. The van der Waals surface area contributed by atoms with Crippen LogP contribution in [0.3, 0.4) is 0 Å². The van der Waals surface area contributed by atoms with Crippen molar-refractivity contribution in [1.82, 2.24) is 0 Å². The molecular formula is C17H20FNO. The molecule has 2 aromatic rings. The van der Waals surface area contributed by atoms with E-state index in [9.17, 15) is 4.39 Å². The molecule has 0 bridgehead atoms. The zero-order valence-corrected chi connectivity index (χ0v) is 11.5. The first-order valence-corrected chi connectivity index (χ1v) is 6.90. The third-order valence-corrected chi connectivity index (χ3v) is 3.23. The van der Waals surface area contributed by atoms with E-state index >= 15 is 0 Å². The van der Waals surface area contributed by atoms with E-state index in [2.05, 4.69) is 12.1 Å². The molecule has 2 nitrogen and oxygen atoms in total. The van der Waals surface area contributed by atoms with Crippen LogP contribution in [0.25, 0.3) is 0 Å². The maximum atomic E-state index is 12.9. The van der Waals surface area contributed by atoms with E-state index in [1.54, 1.807) is 12.1 Å². The molecule has 2 aromatic carbocycles. The van der Waals surface area contributed by atoms with Gasteiger partial charge >= 0.3 is 0 Å². The van der Waals surface area contributed by atoms with E-state index in [1.807, 2.05) is 18.2 Å². The predicted octanol–water partition coefficient (Wildman–Crippen LogP) is 3.47. The molecule has 1 unspecified atom stereocenters. The minimum Gasteiger partial charge on any atom is -0.372 e. The van der Waals surface area contributed by atoms with Crippen molar-refractivity contribution in [3.8, 4) is 0 Å². The molecule has 106 valence electrons. The number of nitrogens with two attached hydrogens (primary N) is 1. The fraction of sp³-hybridized carbons (Fsp3) is 0.294. The Kier molecular flexibility index (Phi) is 5.71. The zero-order valence-electron chi connectivity index (χ0n) is 11.5. The first-order chi connectivity index (χ1) is 9.79. The van der Waals surface area contributed by atoms with Gasteiger partial charge in [0.2, 0.25) is 0 Å². The van der Waals surface area contributed by atoms with Crippen molar-refractivity contribution >= 4 is 0 Å². The average molecular weight is 273 g/mol. The molecule has 2 N–H and O–H groups in total. The van der Waals surface area contributed by atoms with Crippen LogP contribution in [0.5, 0.6) is 0 Å². The van der Waals surface area contributed by atoms with E-state index in [0.29, 0.717) is 13.2 Å². The van der Waals surface area contributed by atoms with E-state index in [4.69, 9.17) is 10.5 Å². The van der Waals surface area contributed by atoms with Crippen LogP contribution in [0.4, 0.5) is 4.39 Å². The molecule has 0 aromatic heterocycles. The molecule has 20 heavy (non-hydrogen) atoms. The fourth-order valence-corrected chi connectivity index (χ4v) is 2.12. The molecule has 0 saturated carbocycles. The van der Waals surface area contributed by atoms with Gasteiger partial charge in [-0.05, 0) is 36.1 Å². The van der Waals surface area contributed by atoms with Crippen molar-refractivity contribution < 1.29 is 9.13 Å². The predicted molar refractivity (Wildman–Crippen MR) is 78.9 cm³/mol. The summed E-state index contributed by atoms with van der Waals surface area (Å²) in [6.07, 6.45) is 1.77. The minimum atomic E-state index is -0.242. The van der Waals surface area contributed by atoms with Crippen molar-refractivity contribution in [3.05, 3.63) is 71.5 Å². The van der Waals surface area contributed by atoms with E-state index in [1.165, 1.54) is 17.7 Å². The quantitative estimate of drug-likeness (QED) is 0.784. The Morgan fingerprint density at radius 3 is 2.35 bits per heavy atom. The molecule has 0 fully saturated rings. The number of rotatable bonds is 7. The molecule has 3 heteroatoms. The van der Waals surface area contributed by atoms with Crippen molar-refractivity contribution in [2.45, 2.75) is 18.9 Å². The van der Waals surface area contributed by atoms with Crippen LogP contribution >= 0.6 is 0 Å². The Morgan fingerprint density at radius 2 is 1.70 bits per heavy atom.